The van der Waals surface area contributed by atoms with Crippen molar-refractivity contribution in [2.45, 2.75) is 19.5 Å². The largest absolute Gasteiger partial charge is 0.331 e. The van der Waals surface area contributed by atoms with E-state index in [1.54, 1.807) is 17.3 Å². The molecule has 0 aliphatic rings. The van der Waals surface area contributed by atoms with Crippen molar-refractivity contribution in [1.29, 1.82) is 0 Å². The van der Waals surface area contributed by atoms with Crippen molar-refractivity contribution < 1.29 is 4.79 Å². The Balaban J connectivity index is 2.07. The second kappa shape index (κ2) is 9.39. The summed E-state index contributed by atoms with van der Waals surface area (Å²) >= 11 is 6.23. The summed E-state index contributed by atoms with van der Waals surface area (Å²) in [7, 11) is 3.99. The van der Waals surface area contributed by atoms with Gasteiger partial charge in [0, 0.05) is 37.1 Å². The van der Waals surface area contributed by atoms with E-state index in [1.165, 1.54) is 0 Å². The molecule has 0 bridgehead atoms. The van der Waals surface area contributed by atoms with Gasteiger partial charge in [0.2, 0.25) is 0 Å². The van der Waals surface area contributed by atoms with Crippen LogP contribution in [0.4, 0.5) is 4.79 Å². The quantitative estimate of drug-likeness (QED) is 0.821. The van der Waals surface area contributed by atoms with Gasteiger partial charge in [-0.15, -0.1) is 0 Å². The summed E-state index contributed by atoms with van der Waals surface area (Å²) in [5.74, 6) is 0. The summed E-state index contributed by atoms with van der Waals surface area (Å²) in [5.41, 5.74) is 1.91. The first-order valence-electron chi connectivity index (χ1n) is 8.31. The van der Waals surface area contributed by atoms with Crippen LogP contribution in [0.2, 0.25) is 5.02 Å². The highest BCUT2D eigenvalue weighted by molar-refractivity contribution is 6.31. The van der Waals surface area contributed by atoms with E-state index in [4.69, 9.17) is 11.6 Å². The molecule has 134 valence electrons. The van der Waals surface area contributed by atoms with Crippen molar-refractivity contribution in [1.82, 2.24) is 20.1 Å². The molecule has 1 aromatic carbocycles. The average molecular weight is 361 g/mol. The molecule has 0 radical (unpaired) electrons. The number of halogens is 1. The lowest BCUT2D eigenvalue weighted by molar-refractivity contribution is 0.185. The zero-order chi connectivity index (χ0) is 18.2. The van der Waals surface area contributed by atoms with E-state index in [9.17, 15) is 4.79 Å². The fourth-order valence-electron chi connectivity index (χ4n) is 2.47. The summed E-state index contributed by atoms with van der Waals surface area (Å²) < 4.78 is 0. The Morgan fingerprint density at radius 2 is 1.96 bits per heavy atom. The van der Waals surface area contributed by atoms with Crippen molar-refractivity contribution in [2.75, 3.05) is 27.2 Å². The molecule has 1 unspecified atom stereocenters. The Hall–Kier alpha value is -2.11. The maximum Gasteiger partial charge on any atom is 0.318 e. The lowest BCUT2D eigenvalue weighted by atomic mass is 10.1. The van der Waals surface area contributed by atoms with Gasteiger partial charge in [0.1, 0.15) is 0 Å². The molecule has 6 heteroatoms. The minimum Gasteiger partial charge on any atom is -0.331 e. The maximum absolute atomic E-state index is 12.8. The highest BCUT2D eigenvalue weighted by Crippen LogP contribution is 2.22. The summed E-state index contributed by atoms with van der Waals surface area (Å²) in [4.78, 5) is 20.8. The van der Waals surface area contributed by atoms with E-state index in [-0.39, 0.29) is 12.1 Å². The van der Waals surface area contributed by atoms with Gasteiger partial charge >= 0.3 is 6.03 Å². The number of aromatic nitrogens is 1. The van der Waals surface area contributed by atoms with Crippen molar-refractivity contribution in [3.63, 3.8) is 0 Å². The molecule has 0 fully saturated rings. The van der Waals surface area contributed by atoms with Crippen molar-refractivity contribution in [3.8, 4) is 0 Å². The maximum atomic E-state index is 12.8. The lowest BCUT2D eigenvalue weighted by Crippen LogP contribution is -2.43. The van der Waals surface area contributed by atoms with Gasteiger partial charge in [-0.3, -0.25) is 4.98 Å². The topological polar surface area (TPSA) is 48.5 Å². The molecule has 1 atom stereocenters. The number of carbonyl (C=O) groups excluding carboxylic acids is 1. The molecule has 0 aliphatic heterocycles. The smallest absolute Gasteiger partial charge is 0.318 e. The molecule has 0 aliphatic carbocycles. The Bertz CT molecular complexity index is 678. The normalized spacial score (nSPS) is 12.0. The average Bonchev–Trinajstić information content (AvgIpc) is 2.59. The predicted octanol–water partition coefficient (Wildman–Crippen LogP) is 3.57. The SMILES string of the molecule is CC(NC(=O)N(CCN(C)C)Cc1cccnc1)c1ccccc1Cl. The fourth-order valence-corrected chi connectivity index (χ4v) is 2.77. The van der Waals surface area contributed by atoms with Crippen LogP contribution in [0.15, 0.2) is 48.8 Å². The highest BCUT2D eigenvalue weighted by Gasteiger charge is 2.18. The number of amides is 2. The Morgan fingerprint density at radius 3 is 2.60 bits per heavy atom. The van der Waals surface area contributed by atoms with E-state index in [0.29, 0.717) is 18.1 Å². The van der Waals surface area contributed by atoms with Gasteiger partial charge in [-0.05, 0) is 44.3 Å². The number of benzene rings is 1. The monoisotopic (exact) mass is 360 g/mol. The number of pyridine rings is 1. The number of likely N-dealkylation sites (N-methyl/N-ethyl adjacent to an activating group) is 1. The number of urea groups is 1. The third kappa shape index (κ3) is 6.03. The number of rotatable bonds is 7. The molecule has 2 amide bonds. The molecule has 0 saturated heterocycles. The summed E-state index contributed by atoms with van der Waals surface area (Å²) in [6.45, 7) is 3.87. The summed E-state index contributed by atoms with van der Waals surface area (Å²) in [6.07, 6.45) is 3.51. The number of nitrogens with zero attached hydrogens (tertiary/aromatic N) is 3. The third-order valence-corrected chi connectivity index (χ3v) is 4.26. The molecule has 1 aromatic heterocycles. The minimum atomic E-state index is -0.169. The number of carbonyl (C=O) groups is 1. The standard InChI is InChI=1S/C19H25ClN4O/c1-15(17-8-4-5-9-18(17)20)22-19(25)24(12-11-23(2)3)14-16-7-6-10-21-13-16/h4-10,13,15H,11-12,14H2,1-3H3,(H,22,25). The van der Waals surface area contributed by atoms with E-state index in [0.717, 1.165) is 17.7 Å². The highest BCUT2D eigenvalue weighted by atomic mass is 35.5. The number of hydrogen-bond donors (Lipinski definition) is 1. The van der Waals surface area contributed by atoms with Crippen LogP contribution in [0.25, 0.3) is 0 Å². The zero-order valence-corrected chi connectivity index (χ0v) is 15.7. The van der Waals surface area contributed by atoms with Gasteiger partial charge in [0.15, 0.2) is 0 Å². The van der Waals surface area contributed by atoms with E-state index in [2.05, 4.69) is 15.2 Å². The van der Waals surface area contributed by atoms with E-state index in [1.807, 2.05) is 57.4 Å². The lowest BCUT2D eigenvalue weighted by Gasteiger charge is -2.27. The molecule has 1 N–H and O–H groups in total. The molecular weight excluding hydrogens is 336 g/mol. The second-order valence-corrected chi connectivity index (χ2v) is 6.69. The Morgan fingerprint density at radius 1 is 1.20 bits per heavy atom. The minimum absolute atomic E-state index is 0.113. The van der Waals surface area contributed by atoms with Crippen LogP contribution in [-0.4, -0.2) is 48.0 Å². The molecule has 1 heterocycles. The molecule has 0 saturated carbocycles. The summed E-state index contributed by atoms with van der Waals surface area (Å²) in [6, 6.07) is 11.1. The van der Waals surface area contributed by atoms with E-state index < -0.39 is 0 Å². The summed E-state index contributed by atoms with van der Waals surface area (Å²) in [5, 5.41) is 3.70. The van der Waals surface area contributed by atoms with Gasteiger partial charge in [-0.25, -0.2) is 4.79 Å². The third-order valence-electron chi connectivity index (χ3n) is 3.91. The number of nitrogens with one attached hydrogen (secondary N) is 1. The molecule has 25 heavy (non-hydrogen) atoms. The Labute approximate surface area is 154 Å². The van der Waals surface area contributed by atoms with Gasteiger partial charge in [-0.1, -0.05) is 35.9 Å². The van der Waals surface area contributed by atoms with Crippen molar-refractivity contribution >= 4 is 17.6 Å². The van der Waals surface area contributed by atoms with Crippen LogP contribution in [-0.2, 0) is 6.54 Å². The molecule has 0 spiro atoms. The first kappa shape index (κ1) is 19.2. The predicted molar refractivity (Wildman–Crippen MR) is 102 cm³/mol. The second-order valence-electron chi connectivity index (χ2n) is 6.28. The molecular formula is C19H25ClN4O. The van der Waals surface area contributed by atoms with Crippen LogP contribution in [0.3, 0.4) is 0 Å². The van der Waals surface area contributed by atoms with Crippen LogP contribution in [0.1, 0.15) is 24.1 Å². The van der Waals surface area contributed by atoms with Gasteiger partial charge in [0.05, 0.1) is 6.04 Å². The molecule has 2 rings (SSSR count). The van der Waals surface area contributed by atoms with Crippen molar-refractivity contribution in [3.05, 3.63) is 64.9 Å². The van der Waals surface area contributed by atoms with Crippen LogP contribution >= 0.6 is 11.6 Å². The zero-order valence-electron chi connectivity index (χ0n) is 14.9. The molecule has 2 aromatic rings. The van der Waals surface area contributed by atoms with Crippen LogP contribution < -0.4 is 5.32 Å². The first-order valence-corrected chi connectivity index (χ1v) is 8.68. The van der Waals surface area contributed by atoms with Gasteiger partial charge in [-0.2, -0.15) is 0 Å². The van der Waals surface area contributed by atoms with Gasteiger partial charge < -0.3 is 15.1 Å². The fraction of sp³-hybridized carbons (Fsp3) is 0.368. The van der Waals surface area contributed by atoms with Gasteiger partial charge in [0.25, 0.3) is 0 Å². The van der Waals surface area contributed by atoms with Crippen LogP contribution in [0, 0.1) is 0 Å². The first-order chi connectivity index (χ1) is 12.0. The van der Waals surface area contributed by atoms with Crippen LogP contribution in [0.5, 0.6) is 0 Å². The molecule has 5 nitrogen and oxygen atoms in total. The van der Waals surface area contributed by atoms with Crippen molar-refractivity contribution in [2.24, 2.45) is 0 Å². The number of hydrogen-bond acceptors (Lipinski definition) is 3. The Kier molecular flexibility index (Phi) is 7.22. The van der Waals surface area contributed by atoms with E-state index >= 15 is 0 Å².